The number of rotatable bonds is 7. The summed E-state index contributed by atoms with van der Waals surface area (Å²) in [6, 6.07) is 0. The first kappa shape index (κ1) is 11.6. The molecule has 1 aliphatic rings. The highest BCUT2D eigenvalue weighted by molar-refractivity contribution is 5.75. The van der Waals surface area contributed by atoms with Gasteiger partial charge in [-0.25, -0.2) is 0 Å². The van der Waals surface area contributed by atoms with Gasteiger partial charge in [-0.3, -0.25) is 4.79 Å². The van der Waals surface area contributed by atoms with Crippen LogP contribution in [0.15, 0.2) is 36.6 Å². The second kappa shape index (κ2) is 6.06. The summed E-state index contributed by atoms with van der Waals surface area (Å²) in [6.07, 6.45) is 9.63. The number of allylic oxidation sites excluding steroid dienone is 3. The zero-order valence-corrected chi connectivity index (χ0v) is 8.82. The number of hydrogen-bond acceptors (Lipinski definition) is 2. The summed E-state index contributed by atoms with van der Waals surface area (Å²) in [5, 5.41) is 0. The molecule has 2 N–H and O–H groups in total. The van der Waals surface area contributed by atoms with E-state index in [1.165, 1.54) is 12.8 Å². The van der Waals surface area contributed by atoms with Crippen LogP contribution in [0.4, 0.5) is 0 Å². The predicted octanol–water partition coefficient (Wildman–Crippen LogP) is 1.91. The Balaban J connectivity index is 2.41. The zero-order chi connectivity index (χ0) is 11.1. The summed E-state index contributed by atoms with van der Waals surface area (Å²) < 4.78 is 5.54. The molecule has 0 aromatic carbocycles. The van der Waals surface area contributed by atoms with E-state index in [9.17, 15) is 4.79 Å². The summed E-state index contributed by atoms with van der Waals surface area (Å²) in [4.78, 5) is 10.6. The van der Waals surface area contributed by atoms with Crippen LogP contribution in [-0.4, -0.2) is 12.5 Å². The summed E-state index contributed by atoms with van der Waals surface area (Å²) in [7, 11) is 0. The van der Waals surface area contributed by atoms with Gasteiger partial charge in [-0.15, -0.1) is 0 Å². The van der Waals surface area contributed by atoms with E-state index in [-0.39, 0.29) is 12.3 Å². The molecule has 1 saturated carbocycles. The Morgan fingerprint density at radius 3 is 2.80 bits per heavy atom. The van der Waals surface area contributed by atoms with E-state index in [0.29, 0.717) is 11.7 Å². The van der Waals surface area contributed by atoms with Gasteiger partial charge in [0.25, 0.3) is 0 Å². The molecule has 0 atom stereocenters. The van der Waals surface area contributed by atoms with Gasteiger partial charge in [0.15, 0.2) is 0 Å². The Bertz CT molecular complexity index is 288. The molecule has 0 bridgehead atoms. The normalized spacial score (nSPS) is 16.7. The maximum atomic E-state index is 10.6. The van der Waals surface area contributed by atoms with E-state index in [2.05, 4.69) is 6.58 Å². The quantitative estimate of drug-likeness (QED) is 0.512. The standard InChI is InChI=1S/C12H17NO2/c1-2-3-4-11(7-8-12(13)14)15-9-10-5-6-10/h2-4,7,10H,1,5-6,8-9H2,(H2,13,14)/b4-3-,11-7+. The van der Waals surface area contributed by atoms with Crippen molar-refractivity contribution in [2.45, 2.75) is 19.3 Å². The van der Waals surface area contributed by atoms with E-state index < -0.39 is 0 Å². The number of hydrogen-bond donors (Lipinski definition) is 1. The number of carbonyl (C=O) groups excluding carboxylic acids is 1. The lowest BCUT2D eigenvalue weighted by Gasteiger charge is -2.05. The monoisotopic (exact) mass is 207 g/mol. The van der Waals surface area contributed by atoms with Crippen molar-refractivity contribution in [1.82, 2.24) is 0 Å². The molecule has 0 aromatic rings. The molecule has 1 aliphatic carbocycles. The van der Waals surface area contributed by atoms with Crippen LogP contribution in [0, 0.1) is 5.92 Å². The highest BCUT2D eigenvalue weighted by Gasteiger charge is 2.21. The third-order valence-corrected chi connectivity index (χ3v) is 2.08. The number of carbonyl (C=O) groups is 1. The molecule has 0 saturated heterocycles. The molecular formula is C12H17NO2. The first-order valence-electron chi connectivity index (χ1n) is 5.12. The van der Waals surface area contributed by atoms with Gasteiger partial charge in [-0.2, -0.15) is 0 Å². The maximum absolute atomic E-state index is 10.6. The summed E-state index contributed by atoms with van der Waals surface area (Å²) >= 11 is 0. The Morgan fingerprint density at radius 2 is 2.27 bits per heavy atom. The highest BCUT2D eigenvalue weighted by atomic mass is 16.5. The fraction of sp³-hybridized carbons (Fsp3) is 0.417. The Labute approximate surface area is 90.3 Å². The fourth-order valence-corrected chi connectivity index (χ4v) is 1.04. The zero-order valence-electron chi connectivity index (χ0n) is 8.82. The lowest BCUT2D eigenvalue weighted by molar-refractivity contribution is -0.117. The lowest BCUT2D eigenvalue weighted by Crippen LogP contribution is -2.09. The maximum Gasteiger partial charge on any atom is 0.221 e. The molecule has 1 amide bonds. The molecule has 0 unspecified atom stereocenters. The molecule has 0 aliphatic heterocycles. The molecule has 1 rings (SSSR count). The second-order valence-electron chi connectivity index (χ2n) is 3.63. The average Bonchev–Trinajstić information content (AvgIpc) is 3.00. The second-order valence-corrected chi connectivity index (χ2v) is 3.63. The van der Waals surface area contributed by atoms with Crippen LogP contribution in [0.1, 0.15) is 19.3 Å². The van der Waals surface area contributed by atoms with Crippen LogP contribution in [0.25, 0.3) is 0 Å². The molecule has 82 valence electrons. The van der Waals surface area contributed by atoms with E-state index in [1.54, 1.807) is 24.3 Å². The van der Waals surface area contributed by atoms with Crippen molar-refractivity contribution in [2.75, 3.05) is 6.61 Å². The number of nitrogens with two attached hydrogens (primary N) is 1. The number of primary amides is 1. The first-order chi connectivity index (χ1) is 7.22. The highest BCUT2D eigenvalue weighted by Crippen LogP contribution is 2.29. The summed E-state index contributed by atoms with van der Waals surface area (Å²) in [5.41, 5.74) is 5.05. The Kier molecular flexibility index (Phi) is 4.68. The molecule has 15 heavy (non-hydrogen) atoms. The van der Waals surface area contributed by atoms with Crippen LogP contribution in [-0.2, 0) is 9.53 Å². The first-order valence-corrected chi connectivity index (χ1v) is 5.12. The Hall–Kier alpha value is -1.51. The van der Waals surface area contributed by atoms with Gasteiger partial charge in [0.1, 0.15) is 5.76 Å². The van der Waals surface area contributed by atoms with Gasteiger partial charge >= 0.3 is 0 Å². The number of amides is 1. The van der Waals surface area contributed by atoms with Gasteiger partial charge in [0.05, 0.1) is 6.61 Å². The topological polar surface area (TPSA) is 52.3 Å². The average molecular weight is 207 g/mol. The van der Waals surface area contributed by atoms with Gasteiger partial charge in [-0.1, -0.05) is 18.7 Å². The van der Waals surface area contributed by atoms with Crippen molar-refractivity contribution >= 4 is 5.91 Å². The third-order valence-electron chi connectivity index (χ3n) is 2.08. The van der Waals surface area contributed by atoms with Crippen LogP contribution < -0.4 is 5.73 Å². The molecule has 3 nitrogen and oxygen atoms in total. The van der Waals surface area contributed by atoms with Crippen LogP contribution in [0.3, 0.4) is 0 Å². The minimum atomic E-state index is -0.352. The Morgan fingerprint density at radius 1 is 1.53 bits per heavy atom. The minimum Gasteiger partial charge on any atom is -0.494 e. The van der Waals surface area contributed by atoms with E-state index in [0.717, 1.165) is 6.61 Å². The minimum absolute atomic E-state index is 0.210. The predicted molar refractivity (Wildman–Crippen MR) is 59.9 cm³/mol. The van der Waals surface area contributed by atoms with Gasteiger partial charge in [0, 0.05) is 6.42 Å². The van der Waals surface area contributed by atoms with Crippen molar-refractivity contribution in [2.24, 2.45) is 11.7 Å². The molecule has 0 spiro atoms. The number of ether oxygens (including phenoxy) is 1. The van der Waals surface area contributed by atoms with Crippen molar-refractivity contribution < 1.29 is 9.53 Å². The van der Waals surface area contributed by atoms with Crippen molar-refractivity contribution in [1.29, 1.82) is 0 Å². The largest absolute Gasteiger partial charge is 0.494 e. The van der Waals surface area contributed by atoms with Crippen molar-refractivity contribution in [3.8, 4) is 0 Å². The summed E-state index contributed by atoms with van der Waals surface area (Å²) in [6.45, 7) is 4.30. The van der Waals surface area contributed by atoms with Crippen molar-refractivity contribution in [3.63, 3.8) is 0 Å². The van der Waals surface area contributed by atoms with Gasteiger partial charge in [-0.05, 0) is 30.9 Å². The molecule has 0 aromatic heterocycles. The molecular weight excluding hydrogens is 190 g/mol. The fourth-order valence-electron chi connectivity index (χ4n) is 1.04. The van der Waals surface area contributed by atoms with E-state index in [4.69, 9.17) is 10.5 Å². The molecule has 0 radical (unpaired) electrons. The molecule has 3 heteroatoms. The van der Waals surface area contributed by atoms with E-state index >= 15 is 0 Å². The van der Waals surface area contributed by atoms with Crippen LogP contribution in [0.5, 0.6) is 0 Å². The third kappa shape index (κ3) is 5.73. The molecule has 1 fully saturated rings. The van der Waals surface area contributed by atoms with Crippen LogP contribution >= 0.6 is 0 Å². The van der Waals surface area contributed by atoms with Gasteiger partial charge in [0.2, 0.25) is 5.91 Å². The SMILES string of the molecule is C=C/C=C\C(=C/CC(N)=O)OCC1CC1. The summed E-state index contributed by atoms with van der Waals surface area (Å²) in [5.74, 6) is 1.04. The lowest BCUT2D eigenvalue weighted by atomic mass is 10.3. The van der Waals surface area contributed by atoms with E-state index in [1.807, 2.05) is 0 Å². The molecule has 0 heterocycles. The van der Waals surface area contributed by atoms with Crippen LogP contribution in [0.2, 0.25) is 0 Å². The van der Waals surface area contributed by atoms with Gasteiger partial charge < -0.3 is 10.5 Å². The smallest absolute Gasteiger partial charge is 0.221 e. The van der Waals surface area contributed by atoms with Crippen molar-refractivity contribution in [3.05, 3.63) is 36.6 Å².